The third-order valence-corrected chi connectivity index (χ3v) is 1.83. The molecule has 0 radical (unpaired) electrons. The summed E-state index contributed by atoms with van der Waals surface area (Å²) in [7, 11) is 2.11. The summed E-state index contributed by atoms with van der Waals surface area (Å²) in [5.74, 6) is 0.784. The van der Waals surface area contributed by atoms with Gasteiger partial charge in [-0.3, -0.25) is 9.89 Å². The van der Waals surface area contributed by atoms with Crippen LogP contribution in [0, 0.1) is 5.92 Å². The molecule has 0 aliphatic heterocycles. The standard InChI is InChI=1S/C9H20N2/c1-5-9(3)7-11(4)8-10-6-2/h6,9H,5,7-8H2,1-4H3. The molecular weight excluding hydrogens is 136 g/mol. The van der Waals surface area contributed by atoms with Crippen LogP contribution in [0.15, 0.2) is 4.99 Å². The highest BCUT2D eigenvalue weighted by Crippen LogP contribution is 2.01. The number of nitrogens with zero attached hydrogens (tertiary/aromatic N) is 2. The molecule has 0 amide bonds. The Morgan fingerprint density at radius 1 is 1.55 bits per heavy atom. The zero-order chi connectivity index (χ0) is 8.69. The van der Waals surface area contributed by atoms with Crippen LogP contribution in [0.1, 0.15) is 27.2 Å². The van der Waals surface area contributed by atoms with Gasteiger partial charge in [-0.1, -0.05) is 20.3 Å². The fourth-order valence-electron chi connectivity index (χ4n) is 0.940. The fourth-order valence-corrected chi connectivity index (χ4v) is 0.940. The highest BCUT2D eigenvalue weighted by atomic mass is 15.2. The minimum absolute atomic E-state index is 0.784. The van der Waals surface area contributed by atoms with Gasteiger partial charge in [0.15, 0.2) is 0 Å². The molecule has 0 saturated carbocycles. The molecule has 66 valence electrons. The summed E-state index contributed by atoms with van der Waals surface area (Å²) >= 11 is 0. The Balaban J connectivity index is 3.42. The van der Waals surface area contributed by atoms with Gasteiger partial charge < -0.3 is 0 Å². The molecule has 1 unspecified atom stereocenters. The molecule has 0 heterocycles. The number of hydrogen-bond donors (Lipinski definition) is 0. The first-order valence-corrected chi connectivity index (χ1v) is 4.33. The van der Waals surface area contributed by atoms with Crippen LogP contribution in [0.4, 0.5) is 0 Å². The molecule has 0 aromatic heterocycles. The topological polar surface area (TPSA) is 15.6 Å². The molecule has 2 nitrogen and oxygen atoms in total. The second-order valence-electron chi connectivity index (χ2n) is 3.13. The van der Waals surface area contributed by atoms with E-state index in [-0.39, 0.29) is 0 Å². The van der Waals surface area contributed by atoms with Gasteiger partial charge in [-0.2, -0.15) is 0 Å². The van der Waals surface area contributed by atoms with Gasteiger partial charge in [-0.05, 0) is 26.1 Å². The van der Waals surface area contributed by atoms with Crippen LogP contribution in [0.5, 0.6) is 0 Å². The maximum atomic E-state index is 4.16. The molecular formula is C9H20N2. The number of hydrogen-bond acceptors (Lipinski definition) is 2. The Morgan fingerprint density at radius 2 is 2.18 bits per heavy atom. The first-order valence-electron chi connectivity index (χ1n) is 4.33. The van der Waals surface area contributed by atoms with E-state index in [4.69, 9.17) is 0 Å². The summed E-state index contributed by atoms with van der Waals surface area (Å²) in [6.07, 6.45) is 3.10. The average molecular weight is 156 g/mol. The largest absolute Gasteiger partial charge is 0.287 e. The lowest BCUT2D eigenvalue weighted by atomic mass is 10.1. The Bertz CT molecular complexity index is 110. The van der Waals surface area contributed by atoms with Crippen LogP contribution < -0.4 is 0 Å². The van der Waals surface area contributed by atoms with Gasteiger partial charge in [-0.25, -0.2) is 0 Å². The van der Waals surface area contributed by atoms with E-state index in [0.29, 0.717) is 0 Å². The smallest absolute Gasteiger partial charge is 0.0902 e. The van der Waals surface area contributed by atoms with Crippen LogP contribution in [-0.4, -0.2) is 31.4 Å². The van der Waals surface area contributed by atoms with Crippen molar-refractivity contribution in [1.82, 2.24) is 4.90 Å². The zero-order valence-electron chi connectivity index (χ0n) is 8.17. The average Bonchev–Trinajstić information content (AvgIpc) is 2.00. The van der Waals surface area contributed by atoms with Crippen molar-refractivity contribution in [2.24, 2.45) is 10.9 Å². The molecule has 11 heavy (non-hydrogen) atoms. The van der Waals surface area contributed by atoms with Crippen LogP contribution in [0.3, 0.4) is 0 Å². The second-order valence-corrected chi connectivity index (χ2v) is 3.13. The lowest BCUT2D eigenvalue weighted by Gasteiger charge is -2.17. The quantitative estimate of drug-likeness (QED) is 0.556. The molecule has 0 aromatic rings. The van der Waals surface area contributed by atoms with E-state index in [1.54, 1.807) is 0 Å². The van der Waals surface area contributed by atoms with E-state index >= 15 is 0 Å². The lowest BCUT2D eigenvalue weighted by Crippen LogP contribution is -2.24. The van der Waals surface area contributed by atoms with Gasteiger partial charge in [0.25, 0.3) is 0 Å². The van der Waals surface area contributed by atoms with Crippen molar-refractivity contribution in [3.63, 3.8) is 0 Å². The van der Waals surface area contributed by atoms with Gasteiger partial charge in [-0.15, -0.1) is 0 Å². The van der Waals surface area contributed by atoms with Gasteiger partial charge in [0.2, 0.25) is 0 Å². The molecule has 0 rings (SSSR count). The highest BCUT2D eigenvalue weighted by molar-refractivity contribution is 5.52. The van der Waals surface area contributed by atoms with Crippen molar-refractivity contribution in [2.75, 3.05) is 20.3 Å². The van der Waals surface area contributed by atoms with Crippen LogP contribution in [-0.2, 0) is 0 Å². The summed E-state index contributed by atoms with van der Waals surface area (Å²) in [6.45, 7) is 8.43. The number of rotatable bonds is 5. The molecule has 0 bridgehead atoms. The van der Waals surface area contributed by atoms with E-state index in [1.165, 1.54) is 6.42 Å². The van der Waals surface area contributed by atoms with Crippen molar-refractivity contribution in [1.29, 1.82) is 0 Å². The van der Waals surface area contributed by atoms with Crippen molar-refractivity contribution in [3.05, 3.63) is 0 Å². The van der Waals surface area contributed by atoms with E-state index in [2.05, 4.69) is 30.8 Å². The molecule has 0 spiro atoms. The monoisotopic (exact) mass is 156 g/mol. The van der Waals surface area contributed by atoms with Crippen LogP contribution in [0.2, 0.25) is 0 Å². The third kappa shape index (κ3) is 6.05. The predicted molar refractivity (Wildman–Crippen MR) is 51.1 cm³/mol. The normalized spacial score (nSPS) is 14.6. The lowest BCUT2D eigenvalue weighted by molar-refractivity contribution is 0.291. The first kappa shape index (κ1) is 10.6. The summed E-state index contributed by atoms with van der Waals surface area (Å²) in [5.41, 5.74) is 0. The third-order valence-electron chi connectivity index (χ3n) is 1.83. The van der Waals surface area contributed by atoms with Crippen LogP contribution in [0.25, 0.3) is 0 Å². The van der Waals surface area contributed by atoms with Crippen molar-refractivity contribution < 1.29 is 0 Å². The van der Waals surface area contributed by atoms with E-state index < -0.39 is 0 Å². The molecule has 0 aliphatic rings. The predicted octanol–water partition coefficient (Wildman–Crippen LogP) is 2.01. The molecule has 1 atom stereocenters. The Kier molecular flexibility index (Phi) is 6.13. The fraction of sp³-hybridized carbons (Fsp3) is 0.889. The molecule has 0 N–H and O–H groups in total. The molecule has 2 heteroatoms. The first-order chi connectivity index (χ1) is 5.20. The van der Waals surface area contributed by atoms with Gasteiger partial charge in [0.05, 0.1) is 6.67 Å². The zero-order valence-corrected chi connectivity index (χ0v) is 8.17. The summed E-state index contributed by atoms with van der Waals surface area (Å²) in [4.78, 5) is 6.40. The van der Waals surface area contributed by atoms with Crippen molar-refractivity contribution in [3.8, 4) is 0 Å². The molecule has 0 aliphatic carbocycles. The Morgan fingerprint density at radius 3 is 2.64 bits per heavy atom. The van der Waals surface area contributed by atoms with Crippen molar-refractivity contribution >= 4 is 6.21 Å². The summed E-state index contributed by atoms with van der Waals surface area (Å²) in [6, 6.07) is 0. The maximum Gasteiger partial charge on any atom is 0.0902 e. The minimum atomic E-state index is 0.784. The highest BCUT2D eigenvalue weighted by Gasteiger charge is 2.01. The number of aliphatic imine (C=N–C) groups is 1. The second kappa shape index (κ2) is 6.35. The van der Waals surface area contributed by atoms with Gasteiger partial charge >= 0.3 is 0 Å². The van der Waals surface area contributed by atoms with E-state index in [0.717, 1.165) is 19.1 Å². The maximum absolute atomic E-state index is 4.16. The SMILES string of the molecule is CC=NCN(C)CC(C)CC. The van der Waals surface area contributed by atoms with Gasteiger partial charge in [0, 0.05) is 6.54 Å². The molecule has 0 aromatic carbocycles. The van der Waals surface area contributed by atoms with E-state index in [1.807, 2.05) is 13.1 Å². The van der Waals surface area contributed by atoms with Crippen LogP contribution >= 0.6 is 0 Å². The molecule has 0 fully saturated rings. The van der Waals surface area contributed by atoms with Crippen molar-refractivity contribution in [2.45, 2.75) is 27.2 Å². The Hall–Kier alpha value is -0.370. The summed E-state index contributed by atoms with van der Waals surface area (Å²) in [5, 5.41) is 0. The van der Waals surface area contributed by atoms with E-state index in [9.17, 15) is 0 Å². The Labute approximate surface area is 70.3 Å². The van der Waals surface area contributed by atoms with Gasteiger partial charge in [0.1, 0.15) is 0 Å². The molecule has 0 saturated heterocycles. The minimum Gasteiger partial charge on any atom is -0.287 e. The summed E-state index contributed by atoms with van der Waals surface area (Å²) < 4.78 is 0.